The Labute approximate surface area is 141 Å². The Kier molecular flexibility index (Phi) is 3.89. The fraction of sp³-hybridized carbons (Fsp3) is 0.235. The van der Waals surface area contributed by atoms with Crippen LogP contribution in [0.5, 0.6) is 0 Å². The summed E-state index contributed by atoms with van der Waals surface area (Å²) < 4.78 is 35.8. The lowest BCUT2D eigenvalue weighted by atomic mass is 10.1. The molecular formula is C17H14F2N4O2. The predicted octanol–water partition coefficient (Wildman–Crippen LogP) is 2.17. The molecule has 2 aromatic heterocycles. The molecule has 0 bridgehead atoms. The summed E-state index contributed by atoms with van der Waals surface area (Å²) in [5.74, 6) is -2.46. The van der Waals surface area contributed by atoms with E-state index in [0.717, 1.165) is 17.5 Å². The number of morpholine rings is 1. The van der Waals surface area contributed by atoms with E-state index in [2.05, 4.69) is 9.97 Å². The van der Waals surface area contributed by atoms with Crippen molar-refractivity contribution in [1.29, 1.82) is 0 Å². The van der Waals surface area contributed by atoms with E-state index in [1.165, 1.54) is 11.2 Å². The van der Waals surface area contributed by atoms with Crippen molar-refractivity contribution in [2.75, 3.05) is 26.3 Å². The van der Waals surface area contributed by atoms with Crippen LogP contribution >= 0.6 is 0 Å². The Hall–Kier alpha value is -2.87. The molecule has 1 amide bonds. The quantitative estimate of drug-likeness (QED) is 0.715. The standard InChI is InChI=1S/C17H14F2N4O2/c18-13-7-12(23-2-1-11-9-20-10-21-16(11)23)8-14(19)15(13)17(24)22-3-5-25-6-4-22/h1-2,7-10H,3-6H2. The minimum Gasteiger partial charge on any atom is -0.378 e. The third-order valence-corrected chi connectivity index (χ3v) is 4.17. The van der Waals surface area contributed by atoms with E-state index in [4.69, 9.17) is 4.74 Å². The van der Waals surface area contributed by atoms with Crippen molar-refractivity contribution in [2.45, 2.75) is 0 Å². The molecule has 0 atom stereocenters. The molecule has 0 spiro atoms. The van der Waals surface area contributed by atoms with E-state index in [0.29, 0.717) is 32.0 Å². The monoisotopic (exact) mass is 344 g/mol. The number of hydrogen-bond donors (Lipinski definition) is 0. The number of aromatic nitrogens is 3. The SMILES string of the molecule is O=C(c1c(F)cc(-n2ccc3cncnc32)cc1F)N1CCOCC1. The molecule has 0 unspecified atom stereocenters. The highest BCUT2D eigenvalue weighted by Crippen LogP contribution is 2.23. The molecule has 0 radical (unpaired) electrons. The molecule has 1 saturated heterocycles. The predicted molar refractivity (Wildman–Crippen MR) is 85.5 cm³/mol. The zero-order valence-corrected chi connectivity index (χ0v) is 13.2. The van der Waals surface area contributed by atoms with Crippen molar-refractivity contribution < 1.29 is 18.3 Å². The van der Waals surface area contributed by atoms with Crippen LogP contribution in [-0.2, 0) is 4.74 Å². The van der Waals surface area contributed by atoms with Gasteiger partial charge in [0.25, 0.3) is 5.91 Å². The maximum atomic E-state index is 14.5. The van der Waals surface area contributed by atoms with Gasteiger partial charge in [-0.05, 0) is 18.2 Å². The van der Waals surface area contributed by atoms with Crippen LogP contribution in [-0.4, -0.2) is 51.6 Å². The largest absolute Gasteiger partial charge is 0.378 e. The molecule has 8 heteroatoms. The Morgan fingerprint density at radius 1 is 1.16 bits per heavy atom. The van der Waals surface area contributed by atoms with E-state index >= 15 is 0 Å². The van der Waals surface area contributed by atoms with Crippen molar-refractivity contribution in [2.24, 2.45) is 0 Å². The number of halogens is 2. The summed E-state index contributed by atoms with van der Waals surface area (Å²) in [6, 6.07) is 4.02. The summed E-state index contributed by atoms with van der Waals surface area (Å²) >= 11 is 0. The van der Waals surface area contributed by atoms with Gasteiger partial charge in [0.15, 0.2) is 0 Å². The molecule has 128 valence electrons. The lowest BCUT2D eigenvalue weighted by molar-refractivity contribution is 0.0296. The van der Waals surface area contributed by atoms with Crippen LogP contribution in [0.2, 0.25) is 0 Å². The highest BCUT2D eigenvalue weighted by Gasteiger charge is 2.25. The summed E-state index contributed by atoms with van der Waals surface area (Å²) in [7, 11) is 0. The van der Waals surface area contributed by atoms with Crippen LogP contribution in [0.15, 0.2) is 36.9 Å². The molecule has 1 fully saturated rings. The smallest absolute Gasteiger partial charge is 0.259 e. The second-order valence-electron chi connectivity index (χ2n) is 5.68. The van der Waals surface area contributed by atoms with Crippen molar-refractivity contribution in [3.05, 3.63) is 54.1 Å². The molecule has 1 aliphatic heterocycles. The first kappa shape index (κ1) is 15.6. The van der Waals surface area contributed by atoms with E-state index < -0.39 is 23.1 Å². The Balaban J connectivity index is 1.74. The van der Waals surface area contributed by atoms with Gasteiger partial charge in [-0.15, -0.1) is 0 Å². The van der Waals surface area contributed by atoms with E-state index in [1.807, 2.05) is 0 Å². The molecule has 0 saturated carbocycles. The van der Waals surface area contributed by atoms with Gasteiger partial charge in [-0.3, -0.25) is 4.79 Å². The Bertz CT molecular complexity index is 928. The highest BCUT2D eigenvalue weighted by molar-refractivity contribution is 5.95. The first-order valence-corrected chi connectivity index (χ1v) is 7.78. The lowest BCUT2D eigenvalue weighted by Gasteiger charge is -2.27. The van der Waals surface area contributed by atoms with E-state index in [-0.39, 0.29) is 5.69 Å². The van der Waals surface area contributed by atoms with Crippen LogP contribution in [0.25, 0.3) is 16.7 Å². The zero-order chi connectivity index (χ0) is 17.4. The summed E-state index contributed by atoms with van der Waals surface area (Å²) in [5.41, 5.74) is 0.236. The van der Waals surface area contributed by atoms with Gasteiger partial charge in [-0.25, -0.2) is 18.7 Å². The van der Waals surface area contributed by atoms with Crippen molar-refractivity contribution in [1.82, 2.24) is 19.4 Å². The molecule has 4 rings (SSSR count). The van der Waals surface area contributed by atoms with Gasteiger partial charge in [0, 0.05) is 30.9 Å². The van der Waals surface area contributed by atoms with E-state index in [9.17, 15) is 13.6 Å². The fourth-order valence-electron chi connectivity index (χ4n) is 2.91. The molecule has 1 aliphatic rings. The van der Waals surface area contributed by atoms with Crippen LogP contribution in [0.4, 0.5) is 8.78 Å². The molecule has 0 N–H and O–H groups in total. The minimum atomic E-state index is -0.901. The van der Waals surface area contributed by atoms with Gasteiger partial charge in [-0.1, -0.05) is 0 Å². The average molecular weight is 344 g/mol. The number of ether oxygens (including phenoxy) is 1. The number of carbonyl (C=O) groups is 1. The average Bonchev–Trinajstić information content (AvgIpc) is 3.06. The molecule has 3 heterocycles. The number of carbonyl (C=O) groups excluding carboxylic acids is 1. The van der Waals surface area contributed by atoms with Gasteiger partial charge < -0.3 is 14.2 Å². The topological polar surface area (TPSA) is 60.2 Å². The summed E-state index contributed by atoms with van der Waals surface area (Å²) in [5, 5.41) is 0.747. The van der Waals surface area contributed by atoms with Crippen LogP contribution in [0.3, 0.4) is 0 Å². The number of nitrogens with zero attached hydrogens (tertiary/aromatic N) is 4. The summed E-state index contributed by atoms with van der Waals surface area (Å²) in [6.45, 7) is 1.36. The second-order valence-corrected chi connectivity index (χ2v) is 5.68. The van der Waals surface area contributed by atoms with Gasteiger partial charge >= 0.3 is 0 Å². The molecule has 25 heavy (non-hydrogen) atoms. The third-order valence-electron chi connectivity index (χ3n) is 4.17. The van der Waals surface area contributed by atoms with Crippen molar-refractivity contribution in [3.8, 4) is 5.69 Å². The highest BCUT2D eigenvalue weighted by atomic mass is 19.1. The lowest BCUT2D eigenvalue weighted by Crippen LogP contribution is -2.41. The minimum absolute atomic E-state index is 0.252. The molecular weight excluding hydrogens is 330 g/mol. The maximum Gasteiger partial charge on any atom is 0.259 e. The van der Waals surface area contributed by atoms with Gasteiger partial charge in [-0.2, -0.15) is 0 Å². The van der Waals surface area contributed by atoms with Crippen LogP contribution < -0.4 is 0 Å². The number of fused-ring (bicyclic) bond motifs is 1. The molecule has 6 nitrogen and oxygen atoms in total. The molecule has 3 aromatic rings. The number of amides is 1. The molecule has 0 aliphatic carbocycles. The van der Waals surface area contributed by atoms with Crippen molar-refractivity contribution in [3.63, 3.8) is 0 Å². The second kappa shape index (κ2) is 6.21. The number of hydrogen-bond acceptors (Lipinski definition) is 4. The van der Waals surface area contributed by atoms with Crippen molar-refractivity contribution >= 4 is 16.9 Å². The first-order chi connectivity index (χ1) is 12.1. The van der Waals surface area contributed by atoms with Crippen LogP contribution in [0, 0.1) is 11.6 Å². The number of benzene rings is 1. The Morgan fingerprint density at radius 3 is 2.60 bits per heavy atom. The third kappa shape index (κ3) is 2.74. The summed E-state index contributed by atoms with van der Waals surface area (Å²) in [4.78, 5) is 21.8. The van der Waals surface area contributed by atoms with E-state index in [1.54, 1.807) is 23.0 Å². The van der Waals surface area contributed by atoms with Gasteiger partial charge in [0.2, 0.25) is 0 Å². The molecule has 1 aromatic carbocycles. The zero-order valence-electron chi connectivity index (χ0n) is 13.2. The number of rotatable bonds is 2. The van der Waals surface area contributed by atoms with Crippen LogP contribution in [0.1, 0.15) is 10.4 Å². The van der Waals surface area contributed by atoms with Gasteiger partial charge in [0.1, 0.15) is 29.2 Å². The summed E-state index contributed by atoms with van der Waals surface area (Å²) in [6.07, 6.45) is 4.63. The maximum absolute atomic E-state index is 14.5. The fourth-order valence-corrected chi connectivity index (χ4v) is 2.91. The first-order valence-electron chi connectivity index (χ1n) is 7.78. The Morgan fingerprint density at radius 2 is 1.88 bits per heavy atom. The normalized spacial score (nSPS) is 14.9. The van der Waals surface area contributed by atoms with Gasteiger partial charge in [0.05, 0.1) is 18.9 Å².